The molecule has 162 valence electrons. The summed E-state index contributed by atoms with van der Waals surface area (Å²) < 4.78 is 17.7. The summed E-state index contributed by atoms with van der Waals surface area (Å²) in [4.78, 5) is 4.83. The van der Waals surface area contributed by atoms with Gasteiger partial charge < -0.3 is 19.0 Å². The Morgan fingerprint density at radius 2 is 1.63 bits per heavy atom. The molecule has 5 heteroatoms. The number of nitrogens with zero attached hydrogens (tertiary/aromatic N) is 1. The van der Waals surface area contributed by atoms with Gasteiger partial charge >= 0.3 is 0 Å². The molecule has 0 saturated carbocycles. The van der Waals surface area contributed by atoms with Crippen molar-refractivity contribution in [2.45, 2.75) is 41.0 Å². The third-order valence-electron chi connectivity index (χ3n) is 4.63. The third kappa shape index (κ3) is 6.83. The Balaban J connectivity index is 1.83. The first kappa shape index (κ1) is 23.3. The molecule has 0 amide bonds. The van der Waals surface area contributed by atoms with E-state index in [0.717, 1.165) is 51.6 Å². The Morgan fingerprint density at radius 3 is 2.27 bits per heavy atom. The molecule has 0 heterocycles. The Bertz CT molecular complexity index is 864. The lowest BCUT2D eigenvalue weighted by atomic mass is 10.1. The fourth-order valence-corrected chi connectivity index (χ4v) is 3.10. The molecule has 0 aliphatic carbocycles. The average Bonchev–Trinajstić information content (AvgIpc) is 2.71. The van der Waals surface area contributed by atoms with Crippen LogP contribution in [0.2, 0.25) is 0 Å². The van der Waals surface area contributed by atoms with Crippen LogP contribution in [-0.4, -0.2) is 32.6 Å². The Morgan fingerprint density at radius 1 is 0.933 bits per heavy atom. The summed E-state index contributed by atoms with van der Waals surface area (Å²) >= 11 is 0. The zero-order valence-corrected chi connectivity index (χ0v) is 19.0. The molecular weight excluding hydrogens is 378 g/mol. The van der Waals surface area contributed by atoms with Crippen LogP contribution < -0.4 is 14.2 Å². The molecule has 0 bridgehead atoms. The van der Waals surface area contributed by atoms with E-state index in [0.29, 0.717) is 19.8 Å². The summed E-state index contributed by atoms with van der Waals surface area (Å²) in [6.07, 6.45) is 4.76. The van der Waals surface area contributed by atoms with Gasteiger partial charge in [-0.1, -0.05) is 17.3 Å². The summed E-state index contributed by atoms with van der Waals surface area (Å²) in [6, 6.07) is 10.0. The molecule has 0 unspecified atom stereocenters. The Hall–Kier alpha value is -2.95. The lowest BCUT2D eigenvalue weighted by Gasteiger charge is -2.15. The summed E-state index contributed by atoms with van der Waals surface area (Å²) in [5.41, 5.74) is 5.08. The molecule has 2 aromatic carbocycles. The van der Waals surface area contributed by atoms with Crippen LogP contribution in [0.25, 0.3) is 0 Å². The van der Waals surface area contributed by atoms with Crippen LogP contribution in [-0.2, 0) is 4.84 Å². The molecule has 0 fully saturated rings. The maximum Gasteiger partial charge on any atom is 0.125 e. The standard InChI is InChI=1S/C25H33NO4/c1-7-8-12-28-23-16-19(3)25(20(4)17-23)30-14-9-13-29-24-11-10-22(15-18(24)2)21(5)26-27-6/h7-8,10-11,15-17H,9,12-14H2,1-6H3/b8-7+,26-21?. The first-order chi connectivity index (χ1) is 14.5. The summed E-state index contributed by atoms with van der Waals surface area (Å²) in [5.74, 6) is 2.66. The number of hydrogen-bond acceptors (Lipinski definition) is 5. The monoisotopic (exact) mass is 411 g/mol. The van der Waals surface area contributed by atoms with E-state index in [1.807, 2.05) is 71.0 Å². The van der Waals surface area contributed by atoms with E-state index in [2.05, 4.69) is 11.2 Å². The highest BCUT2D eigenvalue weighted by Crippen LogP contribution is 2.28. The van der Waals surface area contributed by atoms with Crippen LogP contribution in [0.1, 0.15) is 42.5 Å². The number of ether oxygens (including phenoxy) is 3. The maximum absolute atomic E-state index is 6.01. The van der Waals surface area contributed by atoms with Crippen molar-refractivity contribution in [2.75, 3.05) is 26.9 Å². The Kier molecular flexibility index (Phi) is 9.26. The van der Waals surface area contributed by atoms with E-state index in [9.17, 15) is 0 Å². The van der Waals surface area contributed by atoms with E-state index in [4.69, 9.17) is 19.0 Å². The van der Waals surface area contributed by atoms with Gasteiger partial charge in [-0.2, -0.15) is 0 Å². The van der Waals surface area contributed by atoms with E-state index in [-0.39, 0.29) is 0 Å². The Labute approximate surface area is 180 Å². The minimum Gasteiger partial charge on any atom is -0.493 e. The molecule has 2 aromatic rings. The number of benzene rings is 2. The molecule has 0 radical (unpaired) electrons. The number of oxime groups is 1. The first-order valence-corrected chi connectivity index (χ1v) is 10.3. The molecule has 30 heavy (non-hydrogen) atoms. The molecular formula is C25H33NO4. The van der Waals surface area contributed by atoms with Crippen molar-refractivity contribution >= 4 is 5.71 Å². The van der Waals surface area contributed by atoms with Crippen LogP contribution in [0.3, 0.4) is 0 Å². The van der Waals surface area contributed by atoms with Crippen LogP contribution in [0, 0.1) is 20.8 Å². The first-order valence-electron chi connectivity index (χ1n) is 10.3. The van der Waals surface area contributed by atoms with E-state index >= 15 is 0 Å². The van der Waals surface area contributed by atoms with Crippen LogP contribution in [0.15, 0.2) is 47.6 Å². The second kappa shape index (κ2) is 11.9. The molecule has 0 aliphatic heterocycles. The minimum atomic E-state index is 0.575. The van der Waals surface area contributed by atoms with Crippen molar-refractivity contribution in [3.63, 3.8) is 0 Å². The van der Waals surface area contributed by atoms with Crippen molar-refractivity contribution in [3.05, 3.63) is 64.7 Å². The fourth-order valence-electron chi connectivity index (χ4n) is 3.10. The summed E-state index contributed by atoms with van der Waals surface area (Å²) in [5, 5.41) is 3.97. The predicted molar refractivity (Wildman–Crippen MR) is 122 cm³/mol. The topological polar surface area (TPSA) is 49.3 Å². The van der Waals surface area contributed by atoms with Crippen molar-refractivity contribution < 1.29 is 19.0 Å². The summed E-state index contributed by atoms with van der Waals surface area (Å²) in [6.45, 7) is 11.8. The van der Waals surface area contributed by atoms with E-state index in [1.54, 1.807) is 7.11 Å². The van der Waals surface area contributed by atoms with Gasteiger partial charge in [-0.3, -0.25) is 0 Å². The molecule has 2 rings (SSSR count). The van der Waals surface area contributed by atoms with E-state index < -0.39 is 0 Å². The second-order valence-electron chi connectivity index (χ2n) is 7.16. The number of aryl methyl sites for hydroxylation is 3. The SMILES string of the molecule is C/C=C/COc1cc(C)c(OCCCOc2ccc(C(C)=NOC)cc2C)c(C)c1. The summed E-state index contributed by atoms with van der Waals surface area (Å²) in [7, 11) is 1.55. The smallest absolute Gasteiger partial charge is 0.125 e. The largest absolute Gasteiger partial charge is 0.493 e. The number of hydrogen-bond donors (Lipinski definition) is 0. The van der Waals surface area contributed by atoms with Crippen molar-refractivity contribution in [3.8, 4) is 17.2 Å². The molecule has 0 N–H and O–H groups in total. The molecule has 0 aliphatic rings. The normalized spacial score (nSPS) is 11.6. The molecule has 5 nitrogen and oxygen atoms in total. The van der Waals surface area contributed by atoms with Gasteiger partial charge in [0.1, 0.15) is 31.0 Å². The predicted octanol–water partition coefficient (Wildman–Crippen LogP) is 5.79. The highest BCUT2D eigenvalue weighted by molar-refractivity contribution is 5.98. The fraction of sp³-hybridized carbons (Fsp3) is 0.400. The maximum atomic E-state index is 6.01. The van der Waals surface area contributed by atoms with Crippen LogP contribution in [0.5, 0.6) is 17.2 Å². The zero-order chi connectivity index (χ0) is 21.9. The third-order valence-corrected chi connectivity index (χ3v) is 4.63. The lowest BCUT2D eigenvalue weighted by Crippen LogP contribution is -2.07. The lowest BCUT2D eigenvalue weighted by molar-refractivity contribution is 0.213. The van der Waals surface area contributed by atoms with Crippen LogP contribution >= 0.6 is 0 Å². The van der Waals surface area contributed by atoms with Gasteiger partial charge in [0, 0.05) is 6.42 Å². The zero-order valence-electron chi connectivity index (χ0n) is 19.0. The van der Waals surface area contributed by atoms with Gasteiger partial charge in [0.25, 0.3) is 0 Å². The highest BCUT2D eigenvalue weighted by atomic mass is 16.6. The van der Waals surface area contributed by atoms with Gasteiger partial charge in [-0.15, -0.1) is 0 Å². The molecule has 0 aromatic heterocycles. The second-order valence-corrected chi connectivity index (χ2v) is 7.16. The van der Waals surface area contributed by atoms with Crippen molar-refractivity contribution in [1.82, 2.24) is 0 Å². The average molecular weight is 412 g/mol. The van der Waals surface area contributed by atoms with Gasteiger partial charge in [-0.05, 0) is 87.2 Å². The highest BCUT2D eigenvalue weighted by Gasteiger charge is 2.08. The van der Waals surface area contributed by atoms with Gasteiger partial charge in [0.05, 0.1) is 18.9 Å². The van der Waals surface area contributed by atoms with Crippen molar-refractivity contribution in [1.29, 1.82) is 0 Å². The van der Waals surface area contributed by atoms with E-state index in [1.165, 1.54) is 0 Å². The molecule has 0 spiro atoms. The van der Waals surface area contributed by atoms with Gasteiger partial charge in [0.15, 0.2) is 0 Å². The van der Waals surface area contributed by atoms with Gasteiger partial charge in [0.2, 0.25) is 0 Å². The number of rotatable bonds is 11. The molecule has 0 atom stereocenters. The van der Waals surface area contributed by atoms with Crippen molar-refractivity contribution in [2.24, 2.45) is 5.16 Å². The minimum absolute atomic E-state index is 0.575. The van der Waals surface area contributed by atoms with Crippen LogP contribution in [0.4, 0.5) is 0 Å². The molecule has 0 saturated heterocycles. The number of allylic oxidation sites excluding steroid dienone is 1. The van der Waals surface area contributed by atoms with Gasteiger partial charge in [-0.25, -0.2) is 0 Å². The quantitative estimate of drug-likeness (QED) is 0.203.